The predicted molar refractivity (Wildman–Crippen MR) is 73.2 cm³/mol. The summed E-state index contributed by atoms with van der Waals surface area (Å²) in [7, 11) is 0. The monoisotopic (exact) mass is 253 g/mol. The number of nitrogens with zero attached hydrogens (tertiary/aromatic N) is 2. The van der Waals surface area contributed by atoms with Crippen LogP contribution in [-0.4, -0.2) is 54.0 Å². The van der Waals surface area contributed by atoms with Crippen molar-refractivity contribution in [3.05, 3.63) is 0 Å². The SMILES string of the molecule is CC(C)N(CC1CC1)C(=O)CN1CCC(N)CC1. The van der Waals surface area contributed by atoms with Crippen LogP contribution in [0.25, 0.3) is 0 Å². The lowest BCUT2D eigenvalue weighted by Crippen LogP contribution is -2.48. The molecule has 0 spiro atoms. The van der Waals surface area contributed by atoms with Gasteiger partial charge in [0.05, 0.1) is 6.54 Å². The average Bonchev–Trinajstić information content (AvgIpc) is 3.12. The van der Waals surface area contributed by atoms with Crippen LogP contribution in [0.15, 0.2) is 0 Å². The molecule has 1 aliphatic heterocycles. The maximum Gasteiger partial charge on any atom is 0.236 e. The van der Waals surface area contributed by atoms with Crippen LogP contribution in [0.4, 0.5) is 0 Å². The van der Waals surface area contributed by atoms with Gasteiger partial charge in [0.2, 0.25) is 5.91 Å². The largest absolute Gasteiger partial charge is 0.339 e. The summed E-state index contributed by atoms with van der Waals surface area (Å²) in [6.07, 6.45) is 4.65. The third kappa shape index (κ3) is 3.95. The van der Waals surface area contributed by atoms with Crippen LogP contribution in [0.5, 0.6) is 0 Å². The summed E-state index contributed by atoms with van der Waals surface area (Å²) in [4.78, 5) is 16.7. The first kappa shape index (κ1) is 13.8. The molecular weight excluding hydrogens is 226 g/mol. The number of hydrogen-bond acceptors (Lipinski definition) is 3. The van der Waals surface area contributed by atoms with Crippen molar-refractivity contribution >= 4 is 5.91 Å². The molecule has 0 radical (unpaired) electrons. The fraction of sp³-hybridized carbons (Fsp3) is 0.929. The zero-order valence-corrected chi connectivity index (χ0v) is 11.8. The number of likely N-dealkylation sites (tertiary alicyclic amines) is 1. The molecule has 1 saturated heterocycles. The lowest BCUT2D eigenvalue weighted by molar-refractivity contribution is -0.134. The Labute approximate surface area is 110 Å². The molecule has 4 nitrogen and oxygen atoms in total. The second-order valence-electron chi connectivity index (χ2n) is 6.20. The highest BCUT2D eigenvalue weighted by Gasteiger charge is 2.29. The van der Waals surface area contributed by atoms with Crippen LogP contribution >= 0.6 is 0 Å². The van der Waals surface area contributed by atoms with Crippen molar-refractivity contribution in [3.8, 4) is 0 Å². The van der Waals surface area contributed by atoms with Crippen LogP contribution in [-0.2, 0) is 4.79 Å². The van der Waals surface area contributed by atoms with E-state index in [1.165, 1.54) is 12.8 Å². The van der Waals surface area contributed by atoms with Gasteiger partial charge in [-0.1, -0.05) is 0 Å². The second kappa shape index (κ2) is 6.02. The molecule has 4 heteroatoms. The van der Waals surface area contributed by atoms with E-state index in [-0.39, 0.29) is 0 Å². The highest BCUT2D eigenvalue weighted by atomic mass is 16.2. The zero-order chi connectivity index (χ0) is 13.1. The Morgan fingerprint density at radius 1 is 1.28 bits per heavy atom. The first-order valence-corrected chi connectivity index (χ1v) is 7.33. The number of rotatable bonds is 5. The summed E-state index contributed by atoms with van der Waals surface area (Å²) in [6, 6.07) is 0.661. The summed E-state index contributed by atoms with van der Waals surface area (Å²) >= 11 is 0. The topological polar surface area (TPSA) is 49.6 Å². The summed E-state index contributed by atoms with van der Waals surface area (Å²) in [5.74, 6) is 1.07. The fourth-order valence-electron chi connectivity index (χ4n) is 2.57. The number of carbonyl (C=O) groups is 1. The van der Waals surface area contributed by atoms with Gasteiger partial charge in [0.1, 0.15) is 0 Å². The molecule has 0 aromatic carbocycles. The standard InChI is InChI=1S/C14H27N3O/c1-11(2)17(9-12-3-4-12)14(18)10-16-7-5-13(15)6-8-16/h11-13H,3-10,15H2,1-2H3. The minimum Gasteiger partial charge on any atom is -0.339 e. The Balaban J connectivity index is 1.80. The molecule has 0 bridgehead atoms. The van der Waals surface area contributed by atoms with Crippen molar-refractivity contribution < 1.29 is 4.79 Å². The van der Waals surface area contributed by atoms with Gasteiger partial charge in [0.15, 0.2) is 0 Å². The molecule has 104 valence electrons. The molecule has 1 heterocycles. The molecular formula is C14H27N3O. The second-order valence-corrected chi connectivity index (χ2v) is 6.20. The Morgan fingerprint density at radius 2 is 1.89 bits per heavy atom. The number of nitrogens with two attached hydrogens (primary N) is 1. The molecule has 1 saturated carbocycles. The van der Waals surface area contributed by atoms with E-state index in [9.17, 15) is 4.79 Å². The molecule has 2 N–H and O–H groups in total. The molecule has 1 aliphatic carbocycles. The molecule has 2 rings (SSSR count). The summed E-state index contributed by atoms with van der Waals surface area (Å²) in [6.45, 7) is 7.73. The lowest BCUT2D eigenvalue weighted by Gasteiger charge is -2.33. The van der Waals surface area contributed by atoms with Gasteiger partial charge in [-0.3, -0.25) is 9.69 Å². The van der Waals surface area contributed by atoms with E-state index in [0.717, 1.165) is 38.4 Å². The number of hydrogen-bond donors (Lipinski definition) is 1. The summed E-state index contributed by atoms with van der Waals surface area (Å²) < 4.78 is 0. The van der Waals surface area contributed by atoms with E-state index >= 15 is 0 Å². The number of amides is 1. The summed E-state index contributed by atoms with van der Waals surface area (Å²) in [5.41, 5.74) is 5.89. The van der Waals surface area contributed by atoms with Crippen LogP contribution < -0.4 is 5.73 Å². The van der Waals surface area contributed by atoms with Crippen LogP contribution in [0.3, 0.4) is 0 Å². The molecule has 1 amide bonds. The quantitative estimate of drug-likeness (QED) is 0.797. The smallest absolute Gasteiger partial charge is 0.236 e. The van der Waals surface area contributed by atoms with E-state index < -0.39 is 0 Å². The Kier molecular flexibility index (Phi) is 4.62. The van der Waals surface area contributed by atoms with Crippen molar-refractivity contribution in [2.24, 2.45) is 11.7 Å². The van der Waals surface area contributed by atoms with Gasteiger partial charge in [0.25, 0.3) is 0 Å². The van der Waals surface area contributed by atoms with Gasteiger partial charge in [-0.15, -0.1) is 0 Å². The maximum absolute atomic E-state index is 12.4. The van der Waals surface area contributed by atoms with Gasteiger partial charge in [-0.05, 0) is 45.4 Å². The van der Waals surface area contributed by atoms with E-state index in [4.69, 9.17) is 5.73 Å². The first-order valence-electron chi connectivity index (χ1n) is 7.33. The first-order chi connectivity index (χ1) is 8.56. The Morgan fingerprint density at radius 3 is 2.39 bits per heavy atom. The number of piperidine rings is 1. The van der Waals surface area contributed by atoms with E-state index in [2.05, 4.69) is 23.6 Å². The van der Waals surface area contributed by atoms with Crippen molar-refractivity contribution in [2.45, 2.75) is 51.6 Å². The lowest BCUT2D eigenvalue weighted by atomic mass is 10.1. The van der Waals surface area contributed by atoms with Crippen molar-refractivity contribution in [3.63, 3.8) is 0 Å². The molecule has 2 fully saturated rings. The molecule has 0 aromatic heterocycles. The van der Waals surface area contributed by atoms with Gasteiger partial charge in [-0.2, -0.15) is 0 Å². The van der Waals surface area contributed by atoms with Gasteiger partial charge < -0.3 is 10.6 Å². The normalized spacial score (nSPS) is 22.4. The third-order valence-electron chi connectivity index (χ3n) is 4.09. The number of carbonyl (C=O) groups excluding carboxylic acids is 1. The van der Waals surface area contributed by atoms with E-state index in [1.807, 2.05) is 0 Å². The zero-order valence-electron chi connectivity index (χ0n) is 11.8. The fourth-order valence-corrected chi connectivity index (χ4v) is 2.57. The van der Waals surface area contributed by atoms with Crippen molar-refractivity contribution in [2.75, 3.05) is 26.2 Å². The van der Waals surface area contributed by atoms with E-state index in [0.29, 0.717) is 24.5 Å². The highest BCUT2D eigenvalue weighted by Crippen LogP contribution is 2.30. The average molecular weight is 253 g/mol. The van der Waals surface area contributed by atoms with E-state index in [1.54, 1.807) is 0 Å². The van der Waals surface area contributed by atoms with Crippen LogP contribution in [0.2, 0.25) is 0 Å². The van der Waals surface area contributed by atoms with Crippen molar-refractivity contribution in [1.29, 1.82) is 0 Å². The van der Waals surface area contributed by atoms with Gasteiger partial charge in [-0.25, -0.2) is 0 Å². The Hall–Kier alpha value is -0.610. The minimum atomic E-state index is 0.298. The Bertz CT molecular complexity index is 281. The molecule has 2 aliphatic rings. The third-order valence-corrected chi connectivity index (χ3v) is 4.09. The van der Waals surface area contributed by atoms with Gasteiger partial charge in [0, 0.05) is 31.7 Å². The predicted octanol–water partition coefficient (Wildman–Crippen LogP) is 1.06. The highest BCUT2D eigenvalue weighted by molar-refractivity contribution is 5.78. The minimum absolute atomic E-state index is 0.298. The van der Waals surface area contributed by atoms with Crippen LogP contribution in [0, 0.1) is 5.92 Å². The van der Waals surface area contributed by atoms with Crippen molar-refractivity contribution in [1.82, 2.24) is 9.80 Å². The molecule has 18 heavy (non-hydrogen) atoms. The van der Waals surface area contributed by atoms with Gasteiger partial charge >= 0.3 is 0 Å². The summed E-state index contributed by atoms with van der Waals surface area (Å²) in [5, 5.41) is 0. The molecule has 0 aromatic rings. The molecule has 0 atom stereocenters. The molecule has 0 unspecified atom stereocenters. The van der Waals surface area contributed by atoms with Crippen LogP contribution in [0.1, 0.15) is 39.5 Å². The maximum atomic E-state index is 12.4.